The first-order valence-electron chi connectivity index (χ1n) is 9.86. The number of anilines is 1. The molecule has 0 aliphatic rings. The van der Waals surface area contributed by atoms with Gasteiger partial charge in [-0.3, -0.25) is 0 Å². The number of hydrogen-bond donors (Lipinski definition) is 1. The van der Waals surface area contributed by atoms with Crippen molar-refractivity contribution >= 4 is 5.69 Å². The van der Waals surface area contributed by atoms with Gasteiger partial charge in [0.2, 0.25) is 0 Å². The van der Waals surface area contributed by atoms with Gasteiger partial charge in [0.1, 0.15) is 17.3 Å². The highest BCUT2D eigenvalue weighted by Gasteiger charge is 2.30. The Balaban J connectivity index is 1.59. The standard InChI is InChI=1S/C24H23F4NO2/c1-30-23-14-9-19(18-7-12-21(13-8-18)31-24(26,27)28)16-22(23)29-15-3-2-4-17-5-10-20(25)11-6-17/h5-14,16,29H,2-4,15H2,1H3. The van der Waals surface area contributed by atoms with Gasteiger partial charge < -0.3 is 14.8 Å². The second kappa shape index (κ2) is 10.2. The number of hydrogen-bond acceptors (Lipinski definition) is 3. The fourth-order valence-electron chi connectivity index (χ4n) is 3.20. The Hall–Kier alpha value is -3.22. The molecule has 0 spiro atoms. The zero-order valence-corrected chi connectivity index (χ0v) is 17.0. The van der Waals surface area contributed by atoms with Crippen molar-refractivity contribution in [2.75, 3.05) is 19.0 Å². The third-order valence-electron chi connectivity index (χ3n) is 4.74. The molecule has 0 heterocycles. The molecule has 0 unspecified atom stereocenters. The van der Waals surface area contributed by atoms with E-state index in [9.17, 15) is 17.6 Å². The van der Waals surface area contributed by atoms with E-state index >= 15 is 0 Å². The molecule has 3 nitrogen and oxygen atoms in total. The molecule has 0 aliphatic carbocycles. The van der Waals surface area contributed by atoms with Crippen LogP contribution in [-0.4, -0.2) is 20.0 Å². The minimum absolute atomic E-state index is 0.236. The summed E-state index contributed by atoms with van der Waals surface area (Å²) in [4.78, 5) is 0. The van der Waals surface area contributed by atoms with Crippen molar-refractivity contribution in [3.05, 3.63) is 78.1 Å². The lowest BCUT2D eigenvalue weighted by atomic mass is 10.0. The van der Waals surface area contributed by atoms with Crippen molar-refractivity contribution in [1.29, 1.82) is 0 Å². The van der Waals surface area contributed by atoms with E-state index < -0.39 is 6.36 Å². The number of alkyl halides is 3. The third kappa shape index (κ3) is 6.91. The van der Waals surface area contributed by atoms with Gasteiger partial charge in [0.05, 0.1) is 12.8 Å². The second-order valence-corrected chi connectivity index (χ2v) is 7.00. The van der Waals surface area contributed by atoms with E-state index in [1.165, 1.54) is 24.3 Å². The Morgan fingerprint density at radius 1 is 0.839 bits per heavy atom. The summed E-state index contributed by atoms with van der Waals surface area (Å²) in [6.07, 6.45) is -1.99. The van der Waals surface area contributed by atoms with Gasteiger partial charge in [-0.05, 0) is 72.4 Å². The Kier molecular flexibility index (Phi) is 7.39. The number of rotatable bonds is 9. The summed E-state index contributed by atoms with van der Waals surface area (Å²) in [5.74, 6) is 0.184. The molecule has 1 N–H and O–H groups in total. The molecular weight excluding hydrogens is 410 g/mol. The first-order chi connectivity index (χ1) is 14.8. The Labute approximate surface area is 178 Å². The van der Waals surface area contributed by atoms with Gasteiger partial charge in [-0.2, -0.15) is 0 Å². The zero-order valence-electron chi connectivity index (χ0n) is 17.0. The molecule has 0 fully saturated rings. The molecule has 0 saturated heterocycles. The minimum Gasteiger partial charge on any atom is -0.495 e. The molecular formula is C24H23F4NO2. The molecule has 0 bridgehead atoms. The predicted molar refractivity (Wildman–Crippen MR) is 113 cm³/mol. The van der Waals surface area contributed by atoms with Crippen LogP contribution in [0.4, 0.5) is 23.2 Å². The molecule has 0 radical (unpaired) electrons. The summed E-state index contributed by atoms with van der Waals surface area (Å²) < 4.78 is 59.3. The predicted octanol–water partition coefficient (Wildman–Crippen LogP) is 6.83. The molecule has 31 heavy (non-hydrogen) atoms. The maximum absolute atomic E-state index is 13.0. The topological polar surface area (TPSA) is 30.5 Å². The lowest BCUT2D eigenvalue weighted by molar-refractivity contribution is -0.274. The Morgan fingerprint density at radius 3 is 2.16 bits per heavy atom. The zero-order chi connectivity index (χ0) is 22.3. The van der Waals surface area contributed by atoms with Gasteiger partial charge in [-0.15, -0.1) is 13.2 Å². The van der Waals surface area contributed by atoms with Gasteiger partial charge in [-0.25, -0.2) is 4.39 Å². The van der Waals surface area contributed by atoms with Gasteiger partial charge >= 0.3 is 6.36 Å². The highest BCUT2D eigenvalue weighted by molar-refractivity contribution is 5.72. The van der Waals surface area contributed by atoms with Crippen LogP contribution in [0, 0.1) is 5.82 Å². The van der Waals surface area contributed by atoms with Crippen LogP contribution in [0.2, 0.25) is 0 Å². The minimum atomic E-state index is -4.71. The van der Waals surface area contributed by atoms with E-state index in [1.54, 1.807) is 31.4 Å². The SMILES string of the molecule is COc1ccc(-c2ccc(OC(F)(F)F)cc2)cc1NCCCCc1ccc(F)cc1. The van der Waals surface area contributed by atoms with Crippen LogP contribution in [0.3, 0.4) is 0 Å². The van der Waals surface area contributed by atoms with Crippen LogP contribution in [0.1, 0.15) is 18.4 Å². The first-order valence-corrected chi connectivity index (χ1v) is 9.86. The van der Waals surface area contributed by atoms with Crippen molar-refractivity contribution in [1.82, 2.24) is 0 Å². The van der Waals surface area contributed by atoms with E-state index in [-0.39, 0.29) is 11.6 Å². The summed E-state index contributed by atoms with van der Waals surface area (Å²) in [6, 6.07) is 17.8. The fourth-order valence-corrected chi connectivity index (χ4v) is 3.20. The van der Waals surface area contributed by atoms with Crippen LogP contribution >= 0.6 is 0 Å². The van der Waals surface area contributed by atoms with Gasteiger partial charge in [0, 0.05) is 6.54 Å². The lowest BCUT2D eigenvalue weighted by Crippen LogP contribution is -2.16. The normalized spacial score (nSPS) is 11.3. The summed E-state index contributed by atoms with van der Waals surface area (Å²) in [5.41, 5.74) is 3.50. The average molecular weight is 433 g/mol. The number of benzene rings is 3. The number of methoxy groups -OCH3 is 1. The van der Waals surface area contributed by atoms with E-state index in [4.69, 9.17) is 4.74 Å². The third-order valence-corrected chi connectivity index (χ3v) is 4.74. The number of ether oxygens (including phenoxy) is 2. The second-order valence-electron chi connectivity index (χ2n) is 7.00. The van der Waals surface area contributed by atoms with Gasteiger partial charge in [0.25, 0.3) is 0 Å². The largest absolute Gasteiger partial charge is 0.573 e. The van der Waals surface area contributed by atoms with Gasteiger partial charge in [-0.1, -0.05) is 30.3 Å². The summed E-state index contributed by atoms with van der Waals surface area (Å²) >= 11 is 0. The Bertz CT molecular complexity index is 970. The van der Waals surface area contributed by atoms with E-state index in [0.717, 1.165) is 48.2 Å². The van der Waals surface area contributed by atoms with Crippen molar-refractivity contribution in [2.45, 2.75) is 25.6 Å². The molecule has 0 atom stereocenters. The van der Waals surface area contributed by atoms with Crippen LogP contribution in [-0.2, 0) is 6.42 Å². The highest BCUT2D eigenvalue weighted by Crippen LogP contribution is 2.32. The molecule has 3 aromatic carbocycles. The molecule has 0 aromatic heterocycles. The number of halogens is 4. The van der Waals surface area contributed by atoms with Crippen LogP contribution in [0.5, 0.6) is 11.5 Å². The average Bonchev–Trinajstić information content (AvgIpc) is 2.74. The number of nitrogens with one attached hydrogen (secondary N) is 1. The summed E-state index contributed by atoms with van der Waals surface area (Å²) in [7, 11) is 1.58. The van der Waals surface area contributed by atoms with E-state index in [0.29, 0.717) is 5.75 Å². The van der Waals surface area contributed by atoms with Crippen LogP contribution in [0.25, 0.3) is 11.1 Å². The van der Waals surface area contributed by atoms with Crippen molar-refractivity contribution in [2.24, 2.45) is 0 Å². The fraction of sp³-hybridized carbons (Fsp3) is 0.250. The maximum Gasteiger partial charge on any atom is 0.573 e. The van der Waals surface area contributed by atoms with Crippen molar-refractivity contribution in [3.8, 4) is 22.6 Å². The van der Waals surface area contributed by atoms with E-state index in [2.05, 4.69) is 10.1 Å². The molecule has 3 rings (SSSR count). The summed E-state index contributed by atoms with van der Waals surface area (Å²) in [5, 5.41) is 3.35. The van der Waals surface area contributed by atoms with Crippen LogP contribution in [0.15, 0.2) is 66.7 Å². The molecule has 0 aliphatic heterocycles. The summed E-state index contributed by atoms with van der Waals surface area (Å²) in [6.45, 7) is 0.722. The lowest BCUT2D eigenvalue weighted by Gasteiger charge is -2.14. The number of unbranched alkanes of at least 4 members (excludes halogenated alkanes) is 1. The molecule has 0 saturated carbocycles. The Morgan fingerprint density at radius 2 is 1.52 bits per heavy atom. The molecule has 164 valence electrons. The van der Waals surface area contributed by atoms with Crippen molar-refractivity contribution in [3.63, 3.8) is 0 Å². The van der Waals surface area contributed by atoms with Crippen LogP contribution < -0.4 is 14.8 Å². The smallest absolute Gasteiger partial charge is 0.495 e. The molecule has 3 aromatic rings. The van der Waals surface area contributed by atoms with E-state index in [1.807, 2.05) is 18.2 Å². The van der Waals surface area contributed by atoms with Crippen molar-refractivity contribution < 1.29 is 27.0 Å². The monoisotopic (exact) mass is 433 g/mol. The quantitative estimate of drug-likeness (QED) is 0.296. The first kappa shape index (κ1) is 22.5. The number of aryl methyl sites for hydroxylation is 1. The van der Waals surface area contributed by atoms with Gasteiger partial charge in [0.15, 0.2) is 0 Å². The maximum atomic E-state index is 13.0. The molecule has 7 heteroatoms. The highest BCUT2D eigenvalue weighted by atomic mass is 19.4. The molecule has 0 amide bonds.